The molecule has 2 aliphatic rings. The van der Waals surface area contributed by atoms with Gasteiger partial charge in [0.1, 0.15) is 12.4 Å². The van der Waals surface area contributed by atoms with Gasteiger partial charge in [-0.3, -0.25) is 9.58 Å². The van der Waals surface area contributed by atoms with Crippen molar-refractivity contribution in [2.75, 3.05) is 18.5 Å². The summed E-state index contributed by atoms with van der Waals surface area (Å²) in [6, 6.07) is 16.6. The number of hydrogen-bond donors (Lipinski definition) is 2. The van der Waals surface area contributed by atoms with Crippen molar-refractivity contribution in [3.63, 3.8) is 0 Å². The number of benzene rings is 2. The fourth-order valence-corrected chi connectivity index (χ4v) is 5.50. The number of aromatic nitrogens is 2. The van der Waals surface area contributed by atoms with Crippen molar-refractivity contribution >= 4 is 23.3 Å². The molecule has 0 aliphatic carbocycles. The molecular weight excluding hydrogens is 450 g/mol. The normalized spacial score (nSPS) is 19.4. The van der Waals surface area contributed by atoms with Crippen molar-refractivity contribution in [2.45, 2.75) is 44.3 Å². The highest BCUT2D eigenvalue weighted by molar-refractivity contribution is 6.33. The number of nitrogens with one attached hydrogen (secondary N) is 2. The summed E-state index contributed by atoms with van der Waals surface area (Å²) in [5.74, 6) is 0.729. The topological polar surface area (TPSA) is 71.4 Å². The van der Waals surface area contributed by atoms with E-state index >= 15 is 0 Å². The number of carbonyl (C=O) groups is 1. The number of rotatable bonds is 8. The zero-order valence-electron chi connectivity index (χ0n) is 19.3. The number of halogens is 1. The number of fused-ring (bicyclic) bond motifs is 2. The van der Waals surface area contributed by atoms with Gasteiger partial charge in [0.05, 0.1) is 16.9 Å². The number of aryl methyl sites for hydroxylation is 1. The molecule has 1 aromatic heterocycles. The molecule has 3 aromatic rings. The second-order valence-corrected chi connectivity index (χ2v) is 9.42. The summed E-state index contributed by atoms with van der Waals surface area (Å²) in [4.78, 5) is 15.1. The Labute approximate surface area is 205 Å². The SMILES string of the molecule is Cn1ncc(Cl)c1-c1cc(NC(=O)NCc2ccccc2)ccc1OCCN1C2CCC1CC2. The Balaban J connectivity index is 1.29. The lowest BCUT2D eigenvalue weighted by Gasteiger charge is -2.22. The van der Waals surface area contributed by atoms with Crippen molar-refractivity contribution in [3.05, 3.63) is 65.3 Å². The molecule has 0 saturated carbocycles. The molecule has 0 spiro atoms. The Morgan fingerprint density at radius 2 is 1.85 bits per heavy atom. The number of anilines is 1. The summed E-state index contributed by atoms with van der Waals surface area (Å²) < 4.78 is 7.98. The molecule has 2 N–H and O–H groups in total. The minimum Gasteiger partial charge on any atom is -0.492 e. The summed E-state index contributed by atoms with van der Waals surface area (Å²) in [5, 5.41) is 10.6. The third kappa shape index (κ3) is 4.91. The van der Waals surface area contributed by atoms with E-state index in [1.165, 1.54) is 25.7 Å². The number of carbonyl (C=O) groups excluding carboxylic acids is 1. The van der Waals surface area contributed by atoms with Crippen molar-refractivity contribution in [2.24, 2.45) is 7.05 Å². The maximum Gasteiger partial charge on any atom is 0.319 e. The standard InChI is InChI=1S/C26H30ClN5O2/c1-31-25(23(27)17-29-31)22-15-19(30-26(33)28-16-18-5-3-2-4-6-18)7-12-24(22)34-14-13-32-20-8-9-21(32)11-10-20/h2-7,12,15,17,20-21H,8-11,13-14,16H2,1H3,(H2,28,30,33). The zero-order chi connectivity index (χ0) is 23.5. The van der Waals surface area contributed by atoms with Crippen LogP contribution in [0, 0.1) is 0 Å². The van der Waals surface area contributed by atoms with Crippen molar-refractivity contribution < 1.29 is 9.53 Å². The third-order valence-electron chi connectivity index (χ3n) is 6.89. The Kier molecular flexibility index (Phi) is 6.74. The maximum absolute atomic E-state index is 12.5. The van der Waals surface area contributed by atoms with E-state index in [4.69, 9.17) is 16.3 Å². The summed E-state index contributed by atoms with van der Waals surface area (Å²) in [6.07, 6.45) is 6.87. The van der Waals surface area contributed by atoms with Crippen LogP contribution in [0.5, 0.6) is 5.75 Å². The van der Waals surface area contributed by atoms with Gasteiger partial charge >= 0.3 is 6.03 Å². The van der Waals surface area contributed by atoms with Gasteiger partial charge in [0.25, 0.3) is 0 Å². The fourth-order valence-electron chi connectivity index (χ4n) is 5.23. The number of urea groups is 1. The van der Waals surface area contributed by atoms with E-state index in [1.807, 2.05) is 55.6 Å². The van der Waals surface area contributed by atoms with E-state index in [-0.39, 0.29) is 6.03 Å². The van der Waals surface area contributed by atoms with E-state index < -0.39 is 0 Å². The summed E-state index contributed by atoms with van der Waals surface area (Å²) in [7, 11) is 1.85. The smallest absolute Gasteiger partial charge is 0.319 e. The first-order valence-corrected chi connectivity index (χ1v) is 12.3. The molecule has 5 rings (SSSR count). The summed E-state index contributed by atoms with van der Waals surface area (Å²) >= 11 is 6.46. The Hall–Kier alpha value is -3.03. The highest BCUT2D eigenvalue weighted by Gasteiger charge is 2.38. The van der Waals surface area contributed by atoms with Gasteiger partial charge in [0, 0.05) is 43.5 Å². The van der Waals surface area contributed by atoms with Crippen molar-refractivity contribution in [1.82, 2.24) is 20.0 Å². The van der Waals surface area contributed by atoms with Gasteiger partial charge < -0.3 is 15.4 Å². The molecule has 0 atom stereocenters. The van der Waals surface area contributed by atoms with Gasteiger partial charge in [-0.2, -0.15) is 5.10 Å². The van der Waals surface area contributed by atoms with Crippen LogP contribution < -0.4 is 15.4 Å². The van der Waals surface area contributed by atoms with Gasteiger partial charge in [-0.05, 0) is 49.4 Å². The van der Waals surface area contributed by atoms with Crippen LogP contribution in [0.4, 0.5) is 10.5 Å². The van der Waals surface area contributed by atoms with E-state index in [0.717, 1.165) is 41.2 Å². The first-order valence-electron chi connectivity index (χ1n) is 11.9. The fraction of sp³-hybridized carbons (Fsp3) is 0.385. The monoisotopic (exact) mass is 479 g/mol. The first kappa shape index (κ1) is 22.7. The largest absolute Gasteiger partial charge is 0.492 e. The number of amides is 2. The van der Waals surface area contributed by atoms with Crippen LogP contribution in [0.2, 0.25) is 5.02 Å². The highest BCUT2D eigenvalue weighted by Crippen LogP contribution is 2.38. The Bertz CT molecular complexity index is 1110. The minimum atomic E-state index is -0.274. The quantitative estimate of drug-likeness (QED) is 0.473. The second-order valence-electron chi connectivity index (χ2n) is 9.02. The van der Waals surface area contributed by atoms with Gasteiger partial charge in [-0.15, -0.1) is 0 Å². The van der Waals surface area contributed by atoms with Crippen LogP contribution in [-0.2, 0) is 13.6 Å². The number of nitrogens with zero attached hydrogens (tertiary/aromatic N) is 3. The zero-order valence-corrected chi connectivity index (χ0v) is 20.1. The van der Waals surface area contributed by atoms with Gasteiger partial charge in [0.2, 0.25) is 0 Å². The van der Waals surface area contributed by atoms with E-state index in [0.29, 0.717) is 23.9 Å². The van der Waals surface area contributed by atoms with E-state index in [1.54, 1.807) is 10.9 Å². The molecule has 2 fully saturated rings. The molecule has 7 nitrogen and oxygen atoms in total. The lowest BCUT2D eigenvalue weighted by atomic mass is 10.0. The molecular formula is C26H30ClN5O2. The van der Waals surface area contributed by atoms with Gasteiger partial charge in [-0.1, -0.05) is 41.9 Å². The summed E-state index contributed by atoms with van der Waals surface area (Å²) in [5.41, 5.74) is 3.25. The Morgan fingerprint density at radius 3 is 2.53 bits per heavy atom. The molecule has 2 aromatic carbocycles. The highest BCUT2D eigenvalue weighted by atomic mass is 35.5. The lowest BCUT2D eigenvalue weighted by molar-refractivity contribution is 0.194. The van der Waals surface area contributed by atoms with Crippen LogP contribution in [0.1, 0.15) is 31.2 Å². The average molecular weight is 480 g/mol. The molecule has 2 saturated heterocycles. The predicted octanol–water partition coefficient (Wildman–Crippen LogP) is 5.07. The lowest BCUT2D eigenvalue weighted by Crippen LogP contribution is -2.32. The van der Waals surface area contributed by atoms with Crippen LogP contribution >= 0.6 is 11.6 Å². The number of ether oxygens (including phenoxy) is 1. The Morgan fingerprint density at radius 1 is 1.12 bits per heavy atom. The van der Waals surface area contributed by atoms with Crippen LogP contribution in [0.25, 0.3) is 11.3 Å². The molecule has 3 heterocycles. The van der Waals surface area contributed by atoms with Crippen molar-refractivity contribution in [3.8, 4) is 17.0 Å². The maximum atomic E-state index is 12.5. The van der Waals surface area contributed by atoms with Crippen LogP contribution in [-0.4, -0.2) is 45.9 Å². The van der Waals surface area contributed by atoms with E-state index in [9.17, 15) is 4.79 Å². The molecule has 2 amide bonds. The molecule has 2 bridgehead atoms. The molecule has 2 aliphatic heterocycles. The second kappa shape index (κ2) is 10.1. The minimum absolute atomic E-state index is 0.274. The molecule has 34 heavy (non-hydrogen) atoms. The molecule has 8 heteroatoms. The third-order valence-corrected chi connectivity index (χ3v) is 7.17. The van der Waals surface area contributed by atoms with Gasteiger partial charge in [0.15, 0.2) is 0 Å². The van der Waals surface area contributed by atoms with Crippen LogP contribution in [0.15, 0.2) is 54.7 Å². The summed E-state index contributed by atoms with van der Waals surface area (Å²) in [6.45, 7) is 1.99. The average Bonchev–Trinajstić information content (AvgIpc) is 3.53. The molecule has 0 radical (unpaired) electrons. The van der Waals surface area contributed by atoms with Crippen molar-refractivity contribution in [1.29, 1.82) is 0 Å². The first-order chi connectivity index (χ1) is 16.6. The molecule has 0 unspecified atom stereocenters. The predicted molar refractivity (Wildman–Crippen MR) is 134 cm³/mol. The number of hydrogen-bond acceptors (Lipinski definition) is 4. The van der Waals surface area contributed by atoms with Crippen LogP contribution in [0.3, 0.4) is 0 Å². The van der Waals surface area contributed by atoms with E-state index in [2.05, 4.69) is 20.6 Å². The van der Waals surface area contributed by atoms with Gasteiger partial charge in [-0.25, -0.2) is 4.79 Å². The molecule has 178 valence electrons.